The molecule has 0 spiro atoms. The van der Waals surface area contributed by atoms with E-state index in [-0.39, 0.29) is 11.5 Å². The molecule has 0 radical (unpaired) electrons. The highest BCUT2D eigenvalue weighted by Crippen LogP contribution is 2.32. The molecule has 0 amide bonds. The van der Waals surface area contributed by atoms with Crippen LogP contribution in [0, 0.1) is 0 Å². The van der Waals surface area contributed by atoms with Gasteiger partial charge in [-0.25, -0.2) is 4.68 Å². The molecule has 0 fully saturated rings. The average molecular weight is 328 g/mol. The molecule has 0 unspecified atom stereocenters. The van der Waals surface area contributed by atoms with Crippen LogP contribution >= 0.6 is 0 Å². The van der Waals surface area contributed by atoms with Gasteiger partial charge >= 0.3 is 0 Å². The van der Waals surface area contributed by atoms with E-state index in [1.165, 1.54) is 6.07 Å². The topological polar surface area (TPSA) is 58.3 Å². The molecule has 0 aliphatic heterocycles. The number of rotatable bonds is 3. The van der Waals surface area contributed by atoms with Crippen LogP contribution in [0.5, 0.6) is 11.5 Å². The third-order valence-corrected chi connectivity index (χ3v) is 4.11. The fourth-order valence-electron chi connectivity index (χ4n) is 2.76. The van der Waals surface area contributed by atoms with Crippen LogP contribution in [0.2, 0.25) is 0 Å². The van der Waals surface area contributed by atoms with E-state index < -0.39 is 0 Å². The van der Waals surface area contributed by atoms with Crippen molar-refractivity contribution in [2.24, 2.45) is 0 Å². The second kappa shape index (κ2) is 6.17. The van der Waals surface area contributed by atoms with Crippen molar-refractivity contribution in [2.45, 2.75) is 0 Å². The van der Waals surface area contributed by atoms with Gasteiger partial charge in [0.15, 0.2) is 11.5 Å². The zero-order chi connectivity index (χ0) is 17.2. The molecule has 1 aromatic heterocycles. The number of fused-ring (bicyclic) bond motifs is 1. The van der Waals surface area contributed by atoms with Gasteiger partial charge in [0.05, 0.1) is 11.7 Å². The van der Waals surface area contributed by atoms with Crippen molar-refractivity contribution >= 4 is 23.2 Å². The minimum Gasteiger partial charge on any atom is -0.504 e. The predicted molar refractivity (Wildman–Crippen MR) is 100 cm³/mol. The summed E-state index contributed by atoms with van der Waals surface area (Å²) in [6.45, 7) is 0. The normalized spacial score (nSPS) is 11.4. The molecule has 4 aromatic rings. The number of hydrogen-bond acceptors (Lipinski definition) is 3. The van der Waals surface area contributed by atoms with E-state index in [9.17, 15) is 10.2 Å². The van der Waals surface area contributed by atoms with Crippen LogP contribution in [0.25, 0.3) is 34.3 Å². The summed E-state index contributed by atoms with van der Waals surface area (Å²) in [4.78, 5) is 0. The lowest BCUT2D eigenvalue weighted by Gasteiger charge is -2.05. The van der Waals surface area contributed by atoms with Gasteiger partial charge in [-0.05, 0) is 41.0 Å². The highest BCUT2D eigenvalue weighted by atomic mass is 16.3. The van der Waals surface area contributed by atoms with Gasteiger partial charge in [-0.3, -0.25) is 0 Å². The molecule has 1 heterocycles. The van der Waals surface area contributed by atoms with Gasteiger partial charge in [0.2, 0.25) is 0 Å². The fraction of sp³-hybridized carbons (Fsp3) is 0. The Kier molecular flexibility index (Phi) is 3.71. The Morgan fingerprint density at radius 1 is 0.800 bits per heavy atom. The molecule has 0 bridgehead atoms. The third kappa shape index (κ3) is 2.97. The highest BCUT2D eigenvalue weighted by molar-refractivity contribution is 5.86. The van der Waals surface area contributed by atoms with Crippen LogP contribution in [-0.2, 0) is 0 Å². The fourth-order valence-corrected chi connectivity index (χ4v) is 2.76. The lowest BCUT2D eigenvalue weighted by atomic mass is 10.0. The van der Waals surface area contributed by atoms with Crippen LogP contribution in [-0.4, -0.2) is 20.0 Å². The minimum atomic E-state index is -0.130. The van der Waals surface area contributed by atoms with Crippen LogP contribution in [0.3, 0.4) is 0 Å². The largest absolute Gasteiger partial charge is 0.504 e. The highest BCUT2D eigenvalue weighted by Gasteiger charge is 2.06. The van der Waals surface area contributed by atoms with Gasteiger partial charge in [-0.15, -0.1) is 0 Å². The molecular formula is C21H16N2O2. The van der Waals surface area contributed by atoms with Gasteiger partial charge in [0.1, 0.15) is 0 Å². The van der Waals surface area contributed by atoms with Crippen LogP contribution < -0.4 is 0 Å². The molecule has 122 valence electrons. The molecule has 4 rings (SSSR count). The van der Waals surface area contributed by atoms with Crippen molar-refractivity contribution < 1.29 is 10.2 Å². The first-order valence-corrected chi connectivity index (χ1v) is 7.93. The molecule has 25 heavy (non-hydrogen) atoms. The lowest BCUT2D eigenvalue weighted by Crippen LogP contribution is -1.88. The van der Waals surface area contributed by atoms with Crippen molar-refractivity contribution in [2.75, 3.05) is 0 Å². The number of aromatic nitrogens is 2. The molecule has 0 atom stereocenters. The Bertz CT molecular complexity index is 1070. The molecule has 0 aliphatic carbocycles. The van der Waals surface area contributed by atoms with E-state index in [1.807, 2.05) is 71.7 Å². The summed E-state index contributed by atoms with van der Waals surface area (Å²) in [6.07, 6.45) is 5.75. The molecule has 0 saturated heterocycles. The molecule has 3 aromatic carbocycles. The standard InChI is InChI=1S/C21H16N2O2/c24-20-9-8-17(13-21(20)25)16-6-7-18-14-22-23(19(18)12-16)11-10-15-4-2-1-3-5-15/h1-14,24-25H. The van der Waals surface area contributed by atoms with E-state index in [2.05, 4.69) is 5.10 Å². The maximum Gasteiger partial charge on any atom is 0.158 e. The quantitative estimate of drug-likeness (QED) is 0.534. The molecule has 4 nitrogen and oxygen atoms in total. The maximum atomic E-state index is 9.72. The SMILES string of the molecule is Oc1ccc(-c2ccc3cnn(C=Cc4ccccc4)c3c2)cc1O. The summed E-state index contributed by atoms with van der Waals surface area (Å²) >= 11 is 0. The van der Waals surface area contributed by atoms with Crippen LogP contribution in [0.4, 0.5) is 0 Å². The summed E-state index contributed by atoms with van der Waals surface area (Å²) in [5.74, 6) is -0.254. The number of nitrogens with zero attached hydrogens (tertiary/aromatic N) is 2. The van der Waals surface area contributed by atoms with Gasteiger partial charge in [-0.1, -0.05) is 48.5 Å². The Hall–Kier alpha value is -3.53. The summed E-state index contributed by atoms with van der Waals surface area (Å²) in [7, 11) is 0. The minimum absolute atomic E-state index is 0.124. The summed E-state index contributed by atoms with van der Waals surface area (Å²) in [5.41, 5.74) is 3.85. The van der Waals surface area contributed by atoms with Crippen LogP contribution in [0.15, 0.2) is 72.9 Å². The Labute approximate surface area is 144 Å². The van der Waals surface area contributed by atoms with E-state index in [0.29, 0.717) is 0 Å². The number of hydrogen-bond donors (Lipinski definition) is 2. The number of aromatic hydroxyl groups is 2. The predicted octanol–water partition coefficient (Wildman–Crippen LogP) is 4.74. The number of phenols is 2. The second-order valence-corrected chi connectivity index (χ2v) is 5.79. The average Bonchev–Trinajstić information content (AvgIpc) is 3.05. The Balaban J connectivity index is 1.75. The summed E-state index contributed by atoms with van der Waals surface area (Å²) in [6, 6.07) is 20.8. The van der Waals surface area contributed by atoms with E-state index in [4.69, 9.17) is 0 Å². The van der Waals surface area contributed by atoms with Gasteiger partial charge in [-0.2, -0.15) is 5.10 Å². The van der Waals surface area contributed by atoms with Gasteiger partial charge in [0, 0.05) is 11.6 Å². The van der Waals surface area contributed by atoms with Crippen molar-refractivity contribution in [3.63, 3.8) is 0 Å². The van der Waals surface area contributed by atoms with E-state index >= 15 is 0 Å². The monoisotopic (exact) mass is 328 g/mol. The third-order valence-electron chi connectivity index (χ3n) is 4.11. The summed E-state index contributed by atoms with van der Waals surface area (Å²) in [5, 5.41) is 24.6. The smallest absolute Gasteiger partial charge is 0.158 e. The summed E-state index contributed by atoms with van der Waals surface area (Å²) < 4.78 is 1.83. The number of phenolic OH excluding ortho intramolecular Hbond substituents is 2. The van der Waals surface area contributed by atoms with Crippen molar-refractivity contribution in [3.8, 4) is 22.6 Å². The van der Waals surface area contributed by atoms with Gasteiger partial charge < -0.3 is 10.2 Å². The molecule has 4 heteroatoms. The Morgan fingerprint density at radius 2 is 1.56 bits per heavy atom. The molecule has 2 N–H and O–H groups in total. The first-order valence-electron chi connectivity index (χ1n) is 7.93. The lowest BCUT2D eigenvalue weighted by molar-refractivity contribution is 0.404. The second-order valence-electron chi connectivity index (χ2n) is 5.79. The Morgan fingerprint density at radius 3 is 2.36 bits per heavy atom. The van der Waals surface area contributed by atoms with E-state index in [0.717, 1.165) is 27.6 Å². The van der Waals surface area contributed by atoms with Crippen molar-refractivity contribution in [1.82, 2.24) is 9.78 Å². The first-order chi connectivity index (χ1) is 12.2. The zero-order valence-electron chi connectivity index (χ0n) is 13.4. The molecule has 0 saturated carbocycles. The van der Waals surface area contributed by atoms with Gasteiger partial charge in [0.25, 0.3) is 0 Å². The van der Waals surface area contributed by atoms with E-state index in [1.54, 1.807) is 12.1 Å². The molecular weight excluding hydrogens is 312 g/mol. The van der Waals surface area contributed by atoms with Crippen molar-refractivity contribution in [1.29, 1.82) is 0 Å². The zero-order valence-corrected chi connectivity index (χ0v) is 13.4. The van der Waals surface area contributed by atoms with Crippen LogP contribution in [0.1, 0.15) is 5.56 Å². The first kappa shape index (κ1) is 15.0. The number of benzene rings is 3. The van der Waals surface area contributed by atoms with Crippen molar-refractivity contribution in [3.05, 3.63) is 78.5 Å². The maximum absolute atomic E-state index is 9.72. The molecule has 0 aliphatic rings.